The predicted octanol–water partition coefficient (Wildman–Crippen LogP) is 6.75. The number of carbonyl (C=O) groups is 3. The number of nitrogens with one attached hydrogen (secondary N) is 2. The smallest absolute Gasteiger partial charge is 0.323 e. The summed E-state index contributed by atoms with van der Waals surface area (Å²) in [5.41, 5.74) is 3.43. The number of thiophene rings is 2. The molecular weight excluding hydrogens is 600 g/mol. The Labute approximate surface area is 264 Å². The number of piperazine rings is 1. The van der Waals surface area contributed by atoms with Crippen molar-refractivity contribution >= 4 is 57.7 Å². The van der Waals surface area contributed by atoms with Gasteiger partial charge in [0.25, 0.3) is 0 Å². The quantitative estimate of drug-likeness (QED) is 0.230. The maximum absolute atomic E-state index is 14.7. The summed E-state index contributed by atoms with van der Waals surface area (Å²) in [7, 11) is 0. The second-order valence-electron chi connectivity index (χ2n) is 11.1. The fourth-order valence-corrected chi connectivity index (χ4v) is 8.27. The number of hydrogen-bond acceptors (Lipinski definition) is 6. The Bertz CT molecular complexity index is 1620. The Morgan fingerprint density at radius 3 is 2.35 bits per heavy atom. The molecule has 2 N–H and O–H groups in total. The molecule has 6 rings (SSSR count). The summed E-state index contributed by atoms with van der Waals surface area (Å²) >= 11 is 9.21. The first kappa shape index (κ1) is 29.6. The summed E-state index contributed by atoms with van der Waals surface area (Å²) in [4.78, 5) is 48.8. The van der Waals surface area contributed by atoms with E-state index < -0.39 is 30.0 Å². The predicted molar refractivity (Wildman–Crippen MR) is 173 cm³/mol. The fraction of sp³-hybridized carbons (Fsp3) is 0.303. The van der Waals surface area contributed by atoms with Crippen molar-refractivity contribution in [1.29, 1.82) is 0 Å². The molecule has 0 radical (unpaired) electrons. The van der Waals surface area contributed by atoms with Crippen molar-refractivity contribution in [2.75, 3.05) is 31.5 Å². The molecule has 222 valence electrons. The van der Waals surface area contributed by atoms with Crippen LogP contribution in [0.25, 0.3) is 0 Å². The number of benzene rings is 2. The van der Waals surface area contributed by atoms with Crippen LogP contribution in [0.5, 0.6) is 0 Å². The molecule has 2 fully saturated rings. The molecule has 7 nitrogen and oxygen atoms in total. The highest BCUT2D eigenvalue weighted by Crippen LogP contribution is 2.53. The molecule has 4 heterocycles. The number of rotatable bonds is 6. The summed E-state index contributed by atoms with van der Waals surface area (Å²) in [6.07, 6.45) is 0. The third-order valence-electron chi connectivity index (χ3n) is 8.34. The van der Waals surface area contributed by atoms with Crippen LogP contribution in [0.1, 0.15) is 43.2 Å². The molecular formula is C33H33ClN4O3S2. The van der Waals surface area contributed by atoms with E-state index in [-0.39, 0.29) is 11.7 Å². The van der Waals surface area contributed by atoms with Gasteiger partial charge in [-0.15, -0.1) is 22.7 Å². The number of Topliss-reactive ketones (excluding diaryl/α,β-unsaturated/α-hetero) is 1. The van der Waals surface area contributed by atoms with Crippen LogP contribution >= 0.6 is 34.3 Å². The molecule has 2 aromatic carbocycles. The number of hydrogen-bond donors (Lipinski definition) is 2. The Morgan fingerprint density at radius 1 is 0.930 bits per heavy atom. The van der Waals surface area contributed by atoms with Crippen molar-refractivity contribution in [3.8, 4) is 0 Å². The lowest BCUT2D eigenvalue weighted by molar-refractivity contribution is -0.136. The van der Waals surface area contributed by atoms with Gasteiger partial charge in [0.05, 0.1) is 16.8 Å². The molecule has 0 aliphatic carbocycles. The zero-order valence-electron chi connectivity index (χ0n) is 24.0. The van der Waals surface area contributed by atoms with Gasteiger partial charge < -0.3 is 20.4 Å². The van der Waals surface area contributed by atoms with Gasteiger partial charge in [0, 0.05) is 47.7 Å². The zero-order chi connectivity index (χ0) is 30.1. The zero-order valence-corrected chi connectivity index (χ0v) is 26.3. The Hall–Kier alpha value is -3.50. The first-order chi connectivity index (χ1) is 20.8. The largest absolute Gasteiger partial charge is 0.338 e. The number of anilines is 1. The van der Waals surface area contributed by atoms with Crippen molar-refractivity contribution in [2.24, 2.45) is 5.92 Å². The van der Waals surface area contributed by atoms with E-state index >= 15 is 0 Å². The molecule has 0 bridgehead atoms. The highest BCUT2D eigenvalue weighted by molar-refractivity contribution is 7.12. The number of nitrogens with zero attached hydrogens (tertiary/aromatic N) is 2. The molecule has 4 unspecified atom stereocenters. The van der Waals surface area contributed by atoms with Crippen LogP contribution < -0.4 is 10.6 Å². The number of amides is 3. The summed E-state index contributed by atoms with van der Waals surface area (Å²) < 4.78 is 0. The van der Waals surface area contributed by atoms with E-state index in [9.17, 15) is 14.4 Å². The minimum Gasteiger partial charge on any atom is -0.338 e. The van der Waals surface area contributed by atoms with Gasteiger partial charge in [-0.3, -0.25) is 9.59 Å². The monoisotopic (exact) mass is 632 g/mol. The van der Waals surface area contributed by atoms with E-state index in [0.717, 1.165) is 21.6 Å². The summed E-state index contributed by atoms with van der Waals surface area (Å²) in [5.74, 6) is -1.51. The normalized spacial score (nSPS) is 22.0. The van der Waals surface area contributed by atoms with Gasteiger partial charge in [0.2, 0.25) is 5.91 Å². The minimum absolute atomic E-state index is 0.0725. The number of carbonyl (C=O) groups excluding carboxylic acids is 3. The van der Waals surface area contributed by atoms with Crippen molar-refractivity contribution < 1.29 is 14.4 Å². The maximum atomic E-state index is 14.7. The van der Waals surface area contributed by atoms with Gasteiger partial charge >= 0.3 is 6.03 Å². The third kappa shape index (κ3) is 5.87. The summed E-state index contributed by atoms with van der Waals surface area (Å²) in [6, 6.07) is 18.7. The topological polar surface area (TPSA) is 81.8 Å². The minimum atomic E-state index is -0.913. The first-order valence-corrected chi connectivity index (χ1v) is 16.5. The molecule has 43 heavy (non-hydrogen) atoms. The Balaban J connectivity index is 1.56. The van der Waals surface area contributed by atoms with Crippen LogP contribution in [-0.4, -0.2) is 59.7 Å². The van der Waals surface area contributed by atoms with E-state index in [4.69, 9.17) is 11.6 Å². The molecule has 2 aliphatic rings. The molecule has 2 aromatic heterocycles. The second kappa shape index (κ2) is 12.6. The molecule has 4 atom stereocenters. The number of halogens is 1. The van der Waals surface area contributed by atoms with E-state index in [2.05, 4.69) is 10.6 Å². The van der Waals surface area contributed by atoms with Crippen molar-refractivity contribution in [1.82, 2.24) is 15.1 Å². The Morgan fingerprint density at radius 2 is 1.70 bits per heavy atom. The molecule has 0 spiro atoms. The van der Waals surface area contributed by atoms with Crippen molar-refractivity contribution in [2.45, 2.75) is 31.8 Å². The molecule has 3 amide bonds. The van der Waals surface area contributed by atoms with Gasteiger partial charge in [0.15, 0.2) is 5.78 Å². The Kier molecular flexibility index (Phi) is 8.68. The molecule has 0 saturated carbocycles. The van der Waals surface area contributed by atoms with E-state index in [1.807, 2.05) is 84.1 Å². The number of ketones is 1. The van der Waals surface area contributed by atoms with Crippen LogP contribution in [0.2, 0.25) is 5.02 Å². The van der Waals surface area contributed by atoms with Gasteiger partial charge in [-0.2, -0.15) is 0 Å². The van der Waals surface area contributed by atoms with Gasteiger partial charge in [0.1, 0.15) is 6.04 Å². The molecule has 2 aliphatic heterocycles. The number of aryl methyl sites for hydroxylation is 2. The van der Waals surface area contributed by atoms with Gasteiger partial charge in [-0.25, -0.2) is 4.79 Å². The van der Waals surface area contributed by atoms with Crippen molar-refractivity contribution in [3.63, 3.8) is 0 Å². The molecule has 4 aromatic rings. The second-order valence-corrected chi connectivity index (χ2v) is 13.4. The first-order valence-electron chi connectivity index (χ1n) is 14.4. The fourth-order valence-electron chi connectivity index (χ4n) is 6.36. The van der Waals surface area contributed by atoms with Crippen LogP contribution in [-0.2, 0) is 4.79 Å². The van der Waals surface area contributed by atoms with Crippen LogP contribution in [0.15, 0.2) is 77.5 Å². The third-order valence-corrected chi connectivity index (χ3v) is 10.6. The molecule has 10 heteroatoms. The average Bonchev–Trinajstić information content (AvgIpc) is 3.76. The average molecular weight is 633 g/mol. The highest BCUT2D eigenvalue weighted by atomic mass is 35.5. The lowest BCUT2D eigenvalue weighted by atomic mass is 9.78. The van der Waals surface area contributed by atoms with Crippen LogP contribution in [0, 0.1) is 19.8 Å². The summed E-state index contributed by atoms with van der Waals surface area (Å²) in [5, 5.41) is 10.8. The summed E-state index contributed by atoms with van der Waals surface area (Å²) in [6.45, 7) is 6.36. The highest BCUT2D eigenvalue weighted by Gasteiger charge is 2.59. The lowest BCUT2D eigenvalue weighted by Crippen LogP contribution is -2.55. The van der Waals surface area contributed by atoms with E-state index in [0.29, 0.717) is 41.8 Å². The number of likely N-dealkylation sites (tertiary alicyclic amines) is 1. The van der Waals surface area contributed by atoms with Gasteiger partial charge in [-0.05, 0) is 77.7 Å². The SMILES string of the molecule is Cc1cccc(NC(=O)N2C(C(=O)N3CCNCC3)C(c3ccc(Cl)cc3)C(C(=O)c3cccs3)C2c2sccc2C)c1. The molecule has 2 saturated heterocycles. The number of urea groups is 1. The van der Waals surface area contributed by atoms with E-state index in [1.54, 1.807) is 17.0 Å². The maximum Gasteiger partial charge on any atom is 0.323 e. The van der Waals surface area contributed by atoms with Crippen LogP contribution in [0.4, 0.5) is 10.5 Å². The van der Waals surface area contributed by atoms with Crippen molar-refractivity contribution in [3.05, 3.63) is 109 Å². The standard InChI is InChI=1S/C33H33ClN4O3S2/c1-20-5-3-6-24(19-20)36-33(41)38-28(31-21(2)12-18-43-31)27(30(39)25-7-4-17-42-25)26(22-8-10-23(34)11-9-22)29(38)32(40)37-15-13-35-14-16-37/h3-12,17-19,26-29,35H,13-16H2,1-2H3,(H,36,41). The lowest BCUT2D eigenvalue weighted by Gasteiger charge is -2.36. The van der Waals surface area contributed by atoms with Gasteiger partial charge in [-0.1, -0.05) is 41.9 Å². The van der Waals surface area contributed by atoms with Crippen LogP contribution in [0.3, 0.4) is 0 Å². The van der Waals surface area contributed by atoms with E-state index in [1.165, 1.54) is 22.7 Å².